The van der Waals surface area contributed by atoms with Crippen molar-refractivity contribution in [3.63, 3.8) is 0 Å². The summed E-state index contributed by atoms with van der Waals surface area (Å²) in [5, 5.41) is 11.6. The molecule has 1 aliphatic rings. The number of nitrogens with one attached hydrogen (secondary N) is 1. The van der Waals surface area contributed by atoms with Crippen LogP contribution in [0.5, 0.6) is 0 Å². The maximum Gasteiger partial charge on any atom is 0.246 e. The van der Waals surface area contributed by atoms with Crippen LogP contribution in [0.2, 0.25) is 5.28 Å². The first-order valence-corrected chi connectivity index (χ1v) is 10.3. The summed E-state index contributed by atoms with van der Waals surface area (Å²) in [7, 11) is 0. The van der Waals surface area contributed by atoms with Crippen molar-refractivity contribution in [3.8, 4) is 5.69 Å². The molecule has 5 rings (SSSR count). The molecule has 2 aromatic heterocycles. The second-order valence-corrected chi connectivity index (χ2v) is 7.70. The molecule has 0 aliphatic carbocycles. The summed E-state index contributed by atoms with van der Waals surface area (Å²) in [5.74, 6) is 0.486. The van der Waals surface area contributed by atoms with Crippen LogP contribution in [-0.4, -0.2) is 29.5 Å². The van der Waals surface area contributed by atoms with Crippen molar-refractivity contribution in [2.75, 3.05) is 5.32 Å². The van der Waals surface area contributed by atoms with E-state index < -0.39 is 5.82 Å². The zero-order valence-corrected chi connectivity index (χ0v) is 17.1. The first-order chi connectivity index (χ1) is 15.1. The number of halogens is 3. The van der Waals surface area contributed by atoms with E-state index in [1.807, 2.05) is 4.68 Å². The van der Waals surface area contributed by atoms with Crippen LogP contribution in [0.25, 0.3) is 5.69 Å². The van der Waals surface area contributed by atoms with Gasteiger partial charge in [0.15, 0.2) is 5.82 Å². The third-order valence-electron chi connectivity index (χ3n) is 5.31. The fourth-order valence-corrected chi connectivity index (χ4v) is 3.96. The molecule has 0 saturated heterocycles. The molecule has 0 amide bonds. The SMILES string of the molecule is Fc1ccc([C@H]2CCCCn3nc(Nc4ccc(-n5cnc(Cl)n5)c(F)c4)nc32)cc1. The maximum atomic E-state index is 14.6. The maximum absolute atomic E-state index is 14.6. The summed E-state index contributed by atoms with van der Waals surface area (Å²) in [6, 6.07) is 11.1. The molecule has 4 aromatic rings. The average Bonchev–Trinajstić information content (AvgIpc) is 3.30. The van der Waals surface area contributed by atoms with Gasteiger partial charge in [-0.25, -0.2) is 23.1 Å². The van der Waals surface area contributed by atoms with Crippen LogP contribution in [0.3, 0.4) is 0 Å². The van der Waals surface area contributed by atoms with E-state index in [1.165, 1.54) is 29.2 Å². The lowest BCUT2D eigenvalue weighted by atomic mass is 9.93. The molecule has 0 bridgehead atoms. The highest BCUT2D eigenvalue weighted by Gasteiger charge is 2.24. The highest BCUT2D eigenvalue weighted by atomic mass is 35.5. The van der Waals surface area contributed by atoms with Crippen LogP contribution in [0, 0.1) is 11.6 Å². The van der Waals surface area contributed by atoms with Gasteiger partial charge >= 0.3 is 0 Å². The van der Waals surface area contributed by atoms with E-state index in [-0.39, 0.29) is 22.7 Å². The van der Waals surface area contributed by atoms with E-state index in [2.05, 4.69) is 25.5 Å². The Kier molecular flexibility index (Phi) is 5.11. The van der Waals surface area contributed by atoms with Gasteiger partial charge in [0.25, 0.3) is 0 Å². The van der Waals surface area contributed by atoms with E-state index in [0.29, 0.717) is 11.6 Å². The minimum atomic E-state index is -0.489. The van der Waals surface area contributed by atoms with Crippen molar-refractivity contribution in [2.24, 2.45) is 0 Å². The summed E-state index contributed by atoms with van der Waals surface area (Å²) in [6.07, 6.45) is 4.27. The summed E-state index contributed by atoms with van der Waals surface area (Å²) in [6.45, 7) is 0.752. The molecule has 1 atom stereocenters. The topological polar surface area (TPSA) is 73.5 Å². The average molecular weight is 442 g/mol. The Morgan fingerprint density at radius 2 is 1.87 bits per heavy atom. The Bertz CT molecular complexity index is 1220. The highest BCUT2D eigenvalue weighted by Crippen LogP contribution is 2.32. The molecule has 3 heterocycles. The molecule has 0 spiro atoms. The van der Waals surface area contributed by atoms with Crippen molar-refractivity contribution in [1.29, 1.82) is 0 Å². The van der Waals surface area contributed by atoms with Gasteiger partial charge in [-0.15, -0.1) is 10.2 Å². The molecular weight excluding hydrogens is 424 g/mol. The Morgan fingerprint density at radius 1 is 1.03 bits per heavy atom. The van der Waals surface area contributed by atoms with Gasteiger partial charge in [0.2, 0.25) is 11.2 Å². The third kappa shape index (κ3) is 4.00. The Morgan fingerprint density at radius 3 is 2.61 bits per heavy atom. The smallest absolute Gasteiger partial charge is 0.246 e. The molecule has 0 fully saturated rings. The summed E-state index contributed by atoms with van der Waals surface area (Å²) >= 11 is 5.71. The van der Waals surface area contributed by atoms with Crippen LogP contribution in [0.1, 0.15) is 36.6 Å². The van der Waals surface area contributed by atoms with E-state index in [1.54, 1.807) is 24.3 Å². The van der Waals surface area contributed by atoms with E-state index >= 15 is 0 Å². The molecule has 10 heteroatoms. The molecule has 0 saturated carbocycles. The Labute approximate surface area is 181 Å². The van der Waals surface area contributed by atoms with Gasteiger partial charge in [-0.3, -0.25) is 0 Å². The predicted molar refractivity (Wildman–Crippen MR) is 112 cm³/mol. The quantitative estimate of drug-likeness (QED) is 0.490. The summed E-state index contributed by atoms with van der Waals surface area (Å²) < 4.78 is 31.1. The standard InChI is InChI=1S/C21H18ClF2N7/c22-20-25-12-31(28-20)18-9-8-15(11-17(18)24)26-21-27-19-16(3-1-2-10-30(19)29-21)13-4-6-14(23)7-5-13/h4-9,11-12,16H,1-3,10H2,(H,26,29)/t16-/m1/s1. The number of aromatic nitrogens is 6. The predicted octanol–water partition coefficient (Wildman–Crippen LogP) is 4.85. The molecule has 7 nitrogen and oxygen atoms in total. The van der Waals surface area contributed by atoms with Crippen LogP contribution < -0.4 is 5.32 Å². The number of rotatable bonds is 4. The number of benzene rings is 2. The van der Waals surface area contributed by atoms with E-state index in [4.69, 9.17) is 11.6 Å². The number of hydrogen-bond donors (Lipinski definition) is 1. The van der Waals surface area contributed by atoms with Gasteiger partial charge < -0.3 is 5.32 Å². The Hall–Kier alpha value is -3.33. The molecule has 158 valence electrons. The molecule has 1 aliphatic heterocycles. The summed E-state index contributed by atoms with van der Waals surface area (Å²) in [4.78, 5) is 8.48. The second-order valence-electron chi connectivity index (χ2n) is 7.37. The van der Waals surface area contributed by atoms with Gasteiger partial charge in [-0.2, -0.15) is 4.98 Å². The van der Waals surface area contributed by atoms with Crippen LogP contribution in [-0.2, 0) is 6.54 Å². The minimum absolute atomic E-state index is 0.0299. The fraction of sp³-hybridized carbons (Fsp3) is 0.238. The third-order valence-corrected chi connectivity index (χ3v) is 5.48. The van der Waals surface area contributed by atoms with Crippen LogP contribution >= 0.6 is 11.6 Å². The lowest BCUT2D eigenvalue weighted by molar-refractivity contribution is 0.576. The molecule has 0 unspecified atom stereocenters. The van der Waals surface area contributed by atoms with Crippen LogP contribution in [0.4, 0.5) is 20.4 Å². The van der Waals surface area contributed by atoms with E-state index in [0.717, 1.165) is 37.2 Å². The van der Waals surface area contributed by atoms with Gasteiger partial charge in [0.1, 0.15) is 23.7 Å². The lowest BCUT2D eigenvalue weighted by Crippen LogP contribution is -2.08. The molecular formula is C21H18ClF2N7. The normalized spacial score (nSPS) is 16.0. The lowest BCUT2D eigenvalue weighted by Gasteiger charge is -2.14. The number of nitrogens with zero attached hydrogens (tertiary/aromatic N) is 6. The zero-order valence-electron chi connectivity index (χ0n) is 16.3. The van der Waals surface area contributed by atoms with Crippen molar-refractivity contribution < 1.29 is 8.78 Å². The highest BCUT2D eigenvalue weighted by molar-refractivity contribution is 6.28. The molecule has 31 heavy (non-hydrogen) atoms. The van der Waals surface area contributed by atoms with Gasteiger partial charge in [-0.05, 0) is 60.3 Å². The van der Waals surface area contributed by atoms with Crippen molar-refractivity contribution in [2.45, 2.75) is 31.7 Å². The molecule has 2 aromatic carbocycles. The molecule has 1 N–H and O–H groups in total. The zero-order chi connectivity index (χ0) is 21.4. The minimum Gasteiger partial charge on any atom is -0.323 e. The Balaban J connectivity index is 1.41. The largest absolute Gasteiger partial charge is 0.323 e. The number of aryl methyl sites for hydroxylation is 1. The van der Waals surface area contributed by atoms with Gasteiger partial charge in [0.05, 0.1) is 0 Å². The van der Waals surface area contributed by atoms with E-state index in [9.17, 15) is 8.78 Å². The van der Waals surface area contributed by atoms with Crippen molar-refractivity contribution >= 4 is 23.2 Å². The van der Waals surface area contributed by atoms with Crippen molar-refractivity contribution in [3.05, 3.63) is 77.1 Å². The number of anilines is 2. The molecule has 0 radical (unpaired) electrons. The number of hydrogen-bond acceptors (Lipinski definition) is 5. The van der Waals surface area contributed by atoms with Crippen LogP contribution in [0.15, 0.2) is 48.8 Å². The summed E-state index contributed by atoms with van der Waals surface area (Å²) in [5.41, 5.74) is 1.74. The first kappa shape index (κ1) is 19.6. The first-order valence-electron chi connectivity index (χ1n) is 9.91. The van der Waals surface area contributed by atoms with Crippen molar-refractivity contribution in [1.82, 2.24) is 29.5 Å². The fourth-order valence-electron chi connectivity index (χ4n) is 3.84. The monoisotopic (exact) mass is 441 g/mol. The number of fused-ring (bicyclic) bond motifs is 1. The van der Waals surface area contributed by atoms with Gasteiger partial charge in [0, 0.05) is 18.2 Å². The second kappa shape index (κ2) is 8.07. The van der Waals surface area contributed by atoms with Gasteiger partial charge in [-0.1, -0.05) is 18.6 Å².